The van der Waals surface area contributed by atoms with Gasteiger partial charge in [-0.3, -0.25) is 0 Å². The Hall–Kier alpha value is -0.380. The van der Waals surface area contributed by atoms with Crippen LogP contribution in [0.1, 0.15) is 50.6 Å². The smallest absolute Gasteiger partial charge is 0.0693 e. The van der Waals surface area contributed by atoms with Crippen molar-refractivity contribution in [3.63, 3.8) is 0 Å². The van der Waals surface area contributed by atoms with Crippen molar-refractivity contribution >= 4 is 15.9 Å². The summed E-state index contributed by atoms with van der Waals surface area (Å²) in [6.45, 7) is 2.17. The maximum Gasteiger partial charge on any atom is 0.0693 e. The molecule has 1 aliphatic carbocycles. The molecule has 2 rings (SSSR count). The van der Waals surface area contributed by atoms with Gasteiger partial charge in [0.25, 0.3) is 0 Å². The number of halogens is 1. The minimum Gasteiger partial charge on any atom is -0.392 e. The zero-order valence-corrected chi connectivity index (χ0v) is 12.5. The second-order valence-electron chi connectivity index (χ2n) is 5.26. The van der Waals surface area contributed by atoms with E-state index in [-0.39, 0.29) is 18.2 Å². The minimum atomic E-state index is -0.192. The molecule has 0 radical (unpaired) electrons. The molecule has 0 spiro atoms. The van der Waals surface area contributed by atoms with E-state index < -0.39 is 0 Å². The normalized spacial score (nSPS) is 26.6. The van der Waals surface area contributed by atoms with E-state index in [1.54, 1.807) is 0 Å². The molecular weight excluding hydrogens is 290 g/mol. The van der Waals surface area contributed by atoms with Crippen LogP contribution in [-0.4, -0.2) is 17.3 Å². The number of benzene rings is 1. The summed E-state index contributed by atoms with van der Waals surface area (Å²) in [6.07, 6.45) is 5.45. The molecule has 0 aliphatic heterocycles. The molecule has 100 valence electrons. The topological polar surface area (TPSA) is 32.3 Å². The van der Waals surface area contributed by atoms with Crippen LogP contribution in [0.3, 0.4) is 0 Å². The molecule has 2 unspecified atom stereocenters. The summed E-state index contributed by atoms with van der Waals surface area (Å²) in [5.74, 6) is 0. The lowest BCUT2D eigenvalue weighted by Crippen LogP contribution is -2.40. The van der Waals surface area contributed by atoms with Crippen molar-refractivity contribution in [2.45, 2.75) is 57.2 Å². The second-order valence-corrected chi connectivity index (χ2v) is 6.17. The largest absolute Gasteiger partial charge is 0.392 e. The van der Waals surface area contributed by atoms with Gasteiger partial charge in [0.05, 0.1) is 6.10 Å². The number of rotatable bonds is 3. The van der Waals surface area contributed by atoms with Crippen LogP contribution in [-0.2, 0) is 0 Å². The fourth-order valence-electron chi connectivity index (χ4n) is 2.68. The van der Waals surface area contributed by atoms with E-state index in [2.05, 4.69) is 46.4 Å². The van der Waals surface area contributed by atoms with Gasteiger partial charge in [-0.15, -0.1) is 0 Å². The Kier molecular flexibility index (Phi) is 5.22. The van der Waals surface area contributed by atoms with E-state index in [9.17, 15) is 5.11 Å². The third-order valence-electron chi connectivity index (χ3n) is 3.79. The average Bonchev–Trinajstić information content (AvgIpc) is 2.55. The van der Waals surface area contributed by atoms with Gasteiger partial charge in [0.15, 0.2) is 0 Å². The molecule has 18 heavy (non-hydrogen) atoms. The molecule has 2 nitrogen and oxygen atoms in total. The maximum atomic E-state index is 10.1. The van der Waals surface area contributed by atoms with Gasteiger partial charge in [-0.25, -0.2) is 0 Å². The molecule has 1 aromatic carbocycles. The molecule has 0 heterocycles. The molecule has 0 saturated heterocycles. The lowest BCUT2D eigenvalue weighted by molar-refractivity contribution is 0.115. The highest BCUT2D eigenvalue weighted by Gasteiger charge is 2.23. The lowest BCUT2D eigenvalue weighted by Gasteiger charge is -2.26. The quantitative estimate of drug-likeness (QED) is 0.832. The third-order valence-corrected chi connectivity index (χ3v) is 4.29. The van der Waals surface area contributed by atoms with Crippen LogP contribution < -0.4 is 5.32 Å². The summed E-state index contributed by atoms with van der Waals surface area (Å²) in [4.78, 5) is 0. The van der Waals surface area contributed by atoms with Gasteiger partial charge in [-0.1, -0.05) is 47.3 Å². The molecule has 3 heteroatoms. The zero-order chi connectivity index (χ0) is 13.0. The zero-order valence-electron chi connectivity index (χ0n) is 10.9. The fourth-order valence-corrected chi connectivity index (χ4v) is 3.09. The summed E-state index contributed by atoms with van der Waals surface area (Å²) < 4.78 is 1.11. The van der Waals surface area contributed by atoms with Crippen LogP contribution in [0.5, 0.6) is 0 Å². The highest BCUT2D eigenvalue weighted by atomic mass is 79.9. The average molecular weight is 312 g/mol. The van der Waals surface area contributed by atoms with Crippen molar-refractivity contribution in [3.05, 3.63) is 34.3 Å². The Morgan fingerprint density at radius 3 is 2.83 bits per heavy atom. The first-order valence-electron chi connectivity index (χ1n) is 6.86. The van der Waals surface area contributed by atoms with E-state index in [4.69, 9.17) is 0 Å². The summed E-state index contributed by atoms with van der Waals surface area (Å²) in [5.41, 5.74) is 1.26. The SMILES string of the molecule is C[C@@H](NC1CCCCCC1O)c1cccc(Br)c1. The number of aliphatic hydroxyl groups is 1. The molecule has 1 aliphatic rings. The first-order valence-corrected chi connectivity index (χ1v) is 7.65. The standard InChI is InChI=1S/C15H22BrNO/c1-11(12-6-5-7-13(16)10-12)17-14-8-3-2-4-9-15(14)18/h5-7,10-11,14-15,17-18H,2-4,8-9H2,1H3/t11-,14?,15?/m1/s1. The Bertz CT molecular complexity index is 383. The number of hydrogen-bond acceptors (Lipinski definition) is 2. The number of hydrogen-bond donors (Lipinski definition) is 2. The van der Waals surface area contributed by atoms with Crippen molar-refractivity contribution in [2.75, 3.05) is 0 Å². The molecule has 3 atom stereocenters. The predicted octanol–water partition coefficient (Wildman–Crippen LogP) is 3.79. The van der Waals surface area contributed by atoms with Crippen molar-refractivity contribution in [1.82, 2.24) is 5.32 Å². The van der Waals surface area contributed by atoms with Gasteiger partial charge in [-0.05, 0) is 37.5 Å². The van der Waals surface area contributed by atoms with E-state index in [0.29, 0.717) is 0 Å². The molecule has 1 saturated carbocycles. The molecule has 1 fully saturated rings. The van der Waals surface area contributed by atoms with E-state index >= 15 is 0 Å². The Morgan fingerprint density at radius 2 is 2.06 bits per heavy atom. The van der Waals surface area contributed by atoms with Gasteiger partial charge >= 0.3 is 0 Å². The van der Waals surface area contributed by atoms with Crippen LogP contribution in [0.15, 0.2) is 28.7 Å². The van der Waals surface area contributed by atoms with E-state index in [1.807, 2.05) is 6.07 Å². The van der Waals surface area contributed by atoms with Gasteiger partial charge in [0, 0.05) is 16.6 Å². The Morgan fingerprint density at radius 1 is 1.28 bits per heavy atom. The van der Waals surface area contributed by atoms with Gasteiger partial charge < -0.3 is 10.4 Å². The summed E-state index contributed by atoms with van der Waals surface area (Å²) in [7, 11) is 0. The maximum absolute atomic E-state index is 10.1. The molecule has 1 aromatic rings. The number of nitrogens with one attached hydrogen (secondary N) is 1. The summed E-state index contributed by atoms with van der Waals surface area (Å²) in [5, 5.41) is 13.7. The highest BCUT2D eigenvalue weighted by molar-refractivity contribution is 9.10. The van der Waals surface area contributed by atoms with Crippen LogP contribution >= 0.6 is 15.9 Å². The molecule has 2 N–H and O–H groups in total. The first kappa shape index (κ1) is 14.0. The molecular formula is C15H22BrNO. The summed E-state index contributed by atoms with van der Waals surface area (Å²) >= 11 is 3.50. The molecule has 0 amide bonds. The van der Waals surface area contributed by atoms with Gasteiger partial charge in [0.1, 0.15) is 0 Å². The molecule has 0 bridgehead atoms. The first-order chi connectivity index (χ1) is 8.66. The van der Waals surface area contributed by atoms with Crippen molar-refractivity contribution in [2.24, 2.45) is 0 Å². The third kappa shape index (κ3) is 3.81. The van der Waals surface area contributed by atoms with Crippen LogP contribution in [0.4, 0.5) is 0 Å². The monoisotopic (exact) mass is 311 g/mol. The highest BCUT2D eigenvalue weighted by Crippen LogP contribution is 2.23. The van der Waals surface area contributed by atoms with E-state index in [1.165, 1.54) is 18.4 Å². The fraction of sp³-hybridized carbons (Fsp3) is 0.600. The van der Waals surface area contributed by atoms with Crippen LogP contribution in [0.2, 0.25) is 0 Å². The summed E-state index contributed by atoms with van der Waals surface area (Å²) in [6, 6.07) is 8.88. The number of aliphatic hydroxyl groups excluding tert-OH is 1. The molecule has 0 aromatic heterocycles. The van der Waals surface area contributed by atoms with Crippen molar-refractivity contribution in [1.29, 1.82) is 0 Å². The van der Waals surface area contributed by atoms with Crippen molar-refractivity contribution in [3.8, 4) is 0 Å². The predicted molar refractivity (Wildman–Crippen MR) is 78.6 cm³/mol. The van der Waals surface area contributed by atoms with Gasteiger partial charge in [-0.2, -0.15) is 0 Å². The van der Waals surface area contributed by atoms with Crippen LogP contribution in [0, 0.1) is 0 Å². The minimum absolute atomic E-state index is 0.192. The second kappa shape index (κ2) is 6.69. The van der Waals surface area contributed by atoms with Crippen molar-refractivity contribution < 1.29 is 5.11 Å². The Labute approximate surface area is 118 Å². The lowest BCUT2D eigenvalue weighted by atomic mass is 10.0. The van der Waals surface area contributed by atoms with Gasteiger partial charge in [0.2, 0.25) is 0 Å². The Balaban J connectivity index is 1.99. The van der Waals surface area contributed by atoms with Crippen LogP contribution in [0.25, 0.3) is 0 Å². The van der Waals surface area contributed by atoms with E-state index in [0.717, 1.165) is 23.7 Å².